The predicted molar refractivity (Wildman–Crippen MR) is 73.4 cm³/mol. The summed E-state index contributed by atoms with van der Waals surface area (Å²) in [6.45, 7) is 2.26. The van der Waals surface area contributed by atoms with Gasteiger partial charge in [-0.2, -0.15) is 13.2 Å². The van der Waals surface area contributed by atoms with Crippen molar-refractivity contribution in [3.8, 4) is 0 Å². The van der Waals surface area contributed by atoms with Crippen LogP contribution in [0.1, 0.15) is 13.8 Å². The van der Waals surface area contributed by atoms with Gasteiger partial charge in [-0.1, -0.05) is 6.07 Å². The van der Waals surface area contributed by atoms with E-state index in [-0.39, 0.29) is 19.0 Å². The number of aromatic nitrogens is 1. The molecule has 7 nitrogen and oxygen atoms in total. The third-order valence-electron chi connectivity index (χ3n) is 2.55. The molecule has 0 bridgehead atoms. The van der Waals surface area contributed by atoms with Gasteiger partial charge in [0.25, 0.3) is 0 Å². The molecular formula is C13H16F3N3O4. The molecule has 128 valence electrons. The molecule has 0 radical (unpaired) electrons. The van der Waals surface area contributed by atoms with Gasteiger partial charge >= 0.3 is 23.9 Å². The molecule has 0 aliphatic carbocycles. The molecule has 1 unspecified atom stereocenters. The molecule has 0 aliphatic rings. The number of rotatable bonds is 6. The van der Waals surface area contributed by atoms with E-state index in [1.165, 1.54) is 43.6 Å². The SMILES string of the molecule is CCOC(=O)NC(Nc1ccccn1)(C(=O)OCC)C(F)(F)F. The minimum absolute atomic E-state index is 0.174. The summed E-state index contributed by atoms with van der Waals surface area (Å²) < 4.78 is 49.6. The smallest absolute Gasteiger partial charge is 0.442 e. The minimum atomic E-state index is -5.22. The van der Waals surface area contributed by atoms with Gasteiger partial charge in [0.05, 0.1) is 13.2 Å². The van der Waals surface area contributed by atoms with Crippen molar-refractivity contribution in [3.63, 3.8) is 0 Å². The molecule has 10 heteroatoms. The van der Waals surface area contributed by atoms with Crippen LogP contribution in [0, 0.1) is 0 Å². The monoisotopic (exact) mass is 335 g/mol. The van der Waals surface area contributed by atoms with E-state index in [1.54, 1.807) is 0 Å². The van der Waals surface area contributed by atoms with Crippen LogP contribution in [0.25, 0.3) is 0 Å². The van der Waals surface area contributed by atoms with E-state index in [9.17, 15) is 22.8 Å². The van der Waals surface area contributed by atoms with Crippen LogP contribution in [0.15, 0.2) is 24.4 Å². The summed E-state index contributed by atoms with van der Waals surface area (Å²) in [6.07, 6.45) is -5.43. The zero-order chi connectivity index (χ0) is 17.5. The van der Waals surface area contributed by atoms with Gasteiger partial charge in [-0.3, -0.25) is 5.32 Å². The quantitative estimate of drug-likeness (QED) is 0.611. The largest absolute Gasteiger partial charge is 0.463 e. The van der Waals surface area contributed by atoms with Gasteiger partial charge in [-0.15, -0.1) is 0 Å². The van der Waals surface area contributed by atoms with Crippen molar-refractivity contribution < 1.29 is 32.2 Å². The maximum Gasteiger partial charge on any atom is 0.442 e. The summed E-state index contributed by atoms with van der Waals surface area (Å²) in [6, 6.07) is 4.09. The van der Waals surface area contributed by atoms with Gasteiger partial charge in [-0.05, 0) is 26.0 Å². The van der Waals surface area contributed by atoms with E-state index >= 15 is 0 Å². The minimum Gasteiger partial charge on any atom is -0.463 e. The highest BCUT2D eigenvalue weighted by atomic mass is 19.4. The zero-order valence-electron chi connectivity index (χ0n) is 12.4. The molecule has 1 rings (SSSR count). The summed E-state index contributed by atoms with van der Waals surface area (Å²) in [7, 11) is 0. The Morgan fingerprint density at radius 3 is 2.30 bits per heavy atom. The maximum absolute atomic E-state index is 13.6. The fourth-order valence-corrected chi connectivity index (χ4v) is 1.58. The summed E-state index contributed by atoms with van der Waals surface area (Å²) in [5.41, 5.74) is -3.52. The number of alkyl halides is 3. The second-order valence-corrected chi connectivity index (χ2v) is 4.15. The summed E-state index contributed by atoms with van der Waals surface area (Å²) in [5, 5.41) is 3.38. The predicted octanol–water partition coefficient (Wildman–Crippen LogP) is 2.06. The Balaban J connectivity index is 3.28. The van der Waals surface area contributed by atoms with Gasteiger partial charge in [0, 0.05) is 6.20 Å². The number of amides is 1. The molecule has 1 aromatic rings. The van der Waals surface area contributed by atoms with Crippen LogP contribution in [-0.4, -0.2) is 42.1 Å². The van der Waals surface area contributed by atoms with Crippen molar-refractivity contribution >= 4 is 17.9 Å². The van der Waals surface area contributed by atoms with Gasteiger partial charge in [-0.25, -0.2) is 14.6 Å². The van der Waals surface area contributed by atoms with Crippen LogP contribution in [0.2, 0.25) is 0 Å². The molecule has 2 N–H and O–H groups in total. The van der Waals surface area contributed by atoms with Crippen molar-refractivity contribution in [1.29, 1.82) is 0 Å². The normalized spacial score (nSPS) is 13.6. The molecule has 0 saturated heterocycles. The lowest BCUT2D eigenvalue weighted by Gasteiger charge is -2.34. The van der Waals surface area contributed by atoms with Gasteiger partial charge in [0.15, 0.2) is 0 Å². The Bertz CT molecular complexity index is 539. The number of pyridine rings is 1. The first-order chi connectivity index (χ1) is 10.8. The number of alkyl carbamates (subject to hydrolysis) is 1. The first-order valence-corrected chi connectivity index (χ1v) is 6.65. The Kier molecular flexibility index (Phi) is 6.17. The van der Waals surface area contributed by atoms with E-state index in [1.807, 2.05) is 5.32 Å². The van der Waals surface area contributed by atoms with E-state index in [2.05, 4.69) is 14.5 Å². The second-order valence-electron chi connectivity index (χ2n) is 4.15. The molecule has 1 aromatic heterocycles. The second kappa shape index (κ2) is 7.65. The molecule has 1 atom stereocenters. The fraction of sp³-hybridized carbons (Fsp3) is 0.462. The number of carbonyl (C=O) groups is 2. The Hall–Kier alpha value is -2.52. The Morgan fingerprint density at radius 1 is 1.17 bits per heavy atom. The third kappa shape index (κ3) is 4.47. The van der Waals surface area contributed by atoms with Crippen LogP contribution in [0.5, 0.6) is 0 Å². The molecule has 0 spiro atoms. The standard InChI is InChI=1S/C13H16F3N3O4/c1-3-22-10(20)12(13(14,15)16,19-11(21)23-4-2)18-9-7-5-6-8-17-9/h5-8H,3-4H2,1-2H3,(H,17,18)(H,19,21). The van der Waals surface area contributed by atoms with Crippen molar-refractivity contribution in [2.24, 2.45) is 0 Å². The Morgan fingerprint density at radius 2 is 1.83 bits per heavy atom. The number of anilines is 1. The van der Waals surface area contributed by atoms with Gasteiger partial charge < -0.3 is 14.8 Å². The summed E-state index contributed by atoms with van der Waals surface area (Å²) >= 11 is 0. The first kappa shape index (κ1) is 18.5. The molecular weight excluding hydrogens is 319 g/mol. The molecule has 0 fully saturated rings. The van der Waals surface area contributed by atoms with Crippen molar-refractivity contribution in [3.05, 3.63) is 24.4 Å². The van der Waals surface area contributed by atoms with Gasteiger partial charge in [0.2, 0.25) is 0 Å². The van der Waals surface area contributed by atoms with Crippen molar-refractivity contribution in [2.45, 2.75) is 25.7 Å². The number of nitrogens with one attached hydrogen (secondary N) is 2. The van der Waals surface area contributed by atoms with Crippen LogP contribution < -0.4 is 10.6 Å². The van der Waals surface area contributed by atoms with Crippen molar-refractivity contribution in [2.75, 3.05) is 18.5 Å². The first-order valence-electron chi connectivity index (χ1n) is 6.65. The fourth-order valence-electron chi connectivity index (χ4n) is 1.58. The van der Waals surface area contributed by atoms with Crippen LogP contribution >= 0.6 is 0 Å². The number of halogens is 3. The number of esters is 1. The van der Waals surface area contributed by atoms with Crippen LogP contribution in [0.3, 0.4) is 0 Å². The van der Waals surface area contributed by atoms with E-state index in [0.717, 1.165) is 0 Å². The third-order valence-corrected chi connectivity index (χ3v) is 2.55. The highest BCUT2D eigenvalue weighted by Crippen LogP contribution is 2.32. The molecule has 0 aromatic carbocycles. The van der Waals surface area contributed by atoms with E-state index < -0.39 is 23.9 Å². The molecule has 1 amide bonds. The maximum atomic E-state index is 13.6. The van der Waals surface area contributed by atoms with Crippen molar-refractivity contribution in [1.82, 2.24) is 10.3 Å². The van der Waals surface area contributed by atoms with E-state index in [4.69, 9.17) is 0 Å². The molecule has 23 heavy (non-hydrogen) atoms. The molecule has 1 heterocycles. The topological polar surface area (TPSA) is 89.5 Å². The Labute approximate surface area is 130 Å². The lowest BCUT2D eigenvalue weighted by Crippen LogP contribution is -2.69. The molecule has 0 aliphatic heterocycles. The number of carbonyl (C=O) groups excluding carboxylic acids is 2. The highest BCUT2D eigenvalue weighted by Gasteiger charge is 2.64. The number of nitrogens with zero attached hydrogens (tertiary/aromatic N) is 1. The summed E-state index contributed by atoms with van der Waals surface area (Å²) in [4.78, 5) is 27.1. The number of hydrogen-bond donors (Lipinski definition) is 2. The van der Waals surface area contributed by atoms with E-state index in [0.29, 0.717) is 0 Å². The average Bonchev–Trinajstić information content (AvgIpc) is 2.46. The van der Waals surface area contributed by atoms with Crippen LogP contribution in [-0.2, 0) is 14.3 Å². The zero-order valence-corrected chi connectivity index (χ0v) is 12.4. The average molecular weight is 335 g/mol. The summed E-state index contributed by atoms with van der Waals surface area (Å²) in [5.74, 6) is -2.01. The highest BCUT2D eigenvalue weighted by molar-refractivity contribution is 5.89. The van der Waals surface area contributed by atoms with Gasteiger partial charge in [0.1, 0.15) is 5.82 Å². The number of ether oxygens (including phenoxy) is 2. The lowest BCUT2D eigenvalue weighted by molar-refractivity contribution is -0.205. The van der Waals surface area contributed by atoms with Crippen LogP contribution in [0.4, 0.5) is 23.8 Å². The molecule has 0 saturated carbocycles. The number of hydrogen-bond acceptors (Lipinski definition) is 6. The lowest BCUT2D eigenvalue weighted by atomic mass is 10.1.